The second kappa shape index (κ2) is 6.84. The van der Waals surface area contributed by atoms with Gasteiger partial charge in [0, 0.05) is 30.1 Å². The number of ether oxygens (including phenoxy) is 1. The highest BCUT2D eigenvalue weighted by Crippen LogP contribution is 2.22. The molecule has 1 aromatic carbocycles. The van der Waals surface area contributed by atoms with E-state index in [2.05, 4.69) is 32.2 Å². The molecule has 17 heavy (non-hydrogen) atoms. The van der Waals surface area contributed by atoms with Gasteiger partial charge in [-0.15, -0.1) is 0 Å². The highest BCUT2D eigenvalue weighted by molar-refractivity contribution is 5.59. The van der Waals surface area contributed by atoms with Crippen LogP contribution in [-0.4, -0.2) is 13.2 Å². The molecule has 0 saturated heterocycles. The van der Waals surface area contributed by atoms with E-state index in [4.69, 9.17) is 10.5 Å². The number of hydrogen-bond donors (Lipinski definition) is 2. The maximum atomic E-state index is 5.83. The molecular weight excluding hydrogens is 212 g/mol. The second-order valence-electron chi connectivity index (χ2n) is 4.30. The molecule has 0 aliphatic carbocycles. The zero-order valence-electron chi connectivity index (χ0n) is 10.9. The lowest BCUT2D eigenvalue weighted by Crippen LogP contribution is -2.01. The molecule has 0 atom stereocenters. The molecular formula is C14H22N2O. The molecule has 1 aromatic rings. The average Bonchev–Trinajstić information content (AvgIpc) is 2.25. The lowest BCUT2D eigenvalue weighted by molar-refractivity contribution is 0.318. The molecule has 0 fully saturated rings. The van der Waals surface area contributed by atoms with Gasteiger partial charge in [-0.05, 0) is 26.3 Å². The lowest BCUT2D eigenvalue weighted by Gasteiger charge is -2.10. The Hall–Kier alpha value is -1.64. The first kappa shape index (κ1) is 13.4. The van der Waals surface area contributed by atoms with Crippen molar-refractivity contribution in [3.63, 3.8) is 0 Å². The molecule has 94 valence electrons. The third kappa shape index (κ3) is 5.29. The molecule has 3 N–H and O–H groups in total. The summed E-state index contributed by atoms with van der Waals surface area (Å²) < 4.78 is 5.57. The summed E-state index contributed by atoms with van der Waals surface area (Å²) in [6, 6.07) is 5.74. The van der Waals surface area contributed by atoms with Crippen molar-refractivity contribution in [2.75, 3.05) is 24.2 Å². The van der Waals surface area contributed by atoms with E-state index in [1.54, 1.807) is 0 Å². The third-order valence-electron chi connectivity index (χ3n) is 2.22. The number of anilines is 2. The number of nitrogen functional groups attached to an aromatic ring is 1. The molecule has 0 aliphatic heterocycles. The molecule has 1 rings (SSSR count). The Kier molecular flexibility index (Phi) is 5.40. The summed E-state index contributed by atoms with van der Waals surface area (Å²) in [4.78, 5) is 0. The molecule has 0 heterocycles. The van der Waals surface area contributed by atoms with Crippen LogP contribution in [0.4, 0.5) is 11.4 Å². The Morgan fingerprint density at radius 1 is 1.35 bits per heavy atom. The van der Waals surface area contributed by atoms with E-state index in [0.717, 1.165) is 36.7 Å². The maximum Gasteiger partial charge on any atom is 0.123 e. The van der Waals surface area contributed by atoms with Crippen molar-refractivity contribution in [1.82, 2.24) is 0 Å². The smallest absolute Gasteiger partial charge is 0.123 e. The Balaban J connectivity index is 2.65. The Morgan fingerprint density at radius 2 is 2.12 bits per heavy atom. The Labute approximate surface area is 104 Å². The number of benzene rings is 1. The van der Waals surface area contributed by atoms with Crippen LogP contribution < -0.4 is 15.8 Å². The lowest BCUT2D eigenvalue weighted by atomic mass is 10.2. The van der Waals surface area contributed by atoms with Gasteiger partial charge in [0.25, 0.3) is 0 Å². The van der Waals surface area contributed by atoms with Crippen LogP contribution in [0.15, 0.2) is 29.8 Å². The first-order valence-electron chi connectivity index (χ1n) is 6.02. The normalized spacial score (nSPS) is 9.82. The summed E-state index contributed by atoms with van der Waals surface area (Å²) in [5, 5.41) is 3.30. The number of hydrogen-bond acceptors (Lipinski definition) is 3. The average molecular weight is 234 g/mol. The second-order valence-corrected chi connectivity index (χ2v) is 4.30. The fraction of sp³-hybridized carbons (Fsp3) is 0.429. The fourth-order valence-electron chi connectivity index (χ4n) is 1.40. The van der Waals surface area contributed by atoms with Crippen LogP contribution >= 0.6 is 0 Å². The van der Waals surface area contributed by atoms with Gasteiger partial charge in [-0.2, -0.15) is 0 Å². The van der Waals surface area contributed by atoms with Crippen molar-refractivity contribution >= 4 is 11.4 Å². The van der Waals surface area contributed by atoms with Crippen molar-refractivity contribution in [1.29, 1.82) is 0 Å². The van der Waals surface area contributed by atoms with Gasteiger partial charge in [-0.25, -0.2) is 0 Å². The Morgan fingerprint density at radius 3 is 2.76 bits per heavy atom. The summed E-state index contributed by atoms with van der Waals surface area (Å²) in [7, 11) is 0. The van der Waals surface area contributed by atoms with Gasteiger partial charge in [0.05, 0.1) is 6.61 Å². The summed E-state index contributed by atoms with van der Waals surface area (Å²) in [5.41, 5.74) is 8.84. The Bertz CT molecular complexity index is 382. The van der Waals surface area contributed by atoms with E-state index in [0.29, 0.717) is 0 Å². The summed E-state index contributed by atoms with van der Waals surface area (Å²) in [6.07, 6.45) is 3.13. The number of rotatable bonds is 6. The third-order valence-corrected chi connectivity index (χ3v) is 2.22. The van der Waals surface area contributed by atoms with E-state index in [1.807, 2.05) is 18.2 Å². The van der Waals surface area contributed by atoms with Crippen LogP contribution in [0.1, 0.15) is 27.2 Å². The van der Waals surface area contributed by atoms with Gasteiger partial charge >= 0.3 is 0 Å². The van der Waals surface area contributed by atoms with Crippen molar-refractivity contribution in [3.05, 3.63) is 29.8 Å². The first-order chi connectivity index (χ1) is 8.11. The summed E-state index contributed by atoms with van der Waals surface area (Å²) in [6.45, 7) is 7.77. The van der Waals surface area contributed by atoms with Gasteiger partial charge < -0.3 is 15.8 Å². The van der Waals surface area contributed by atoms with E-state index in [9.17, 15) is 0 Å². The summed E-state index contributed by atoms with van der Waals surface area (Å²) >= 11 is 0. The quantitative estimate of drug-likeness (QED) is 0.585. The molecule has 3 heteroatoms. The van der Waals surface area contributed by atoms with Gasteiger partial charge in [-0.1, -0.05) is 18.6 Å². The largest absolute Gasteiger partial charge is 0.493 e. The zero-order valence-corrected chi connectivity index (χ0v) is 10.9. The maximum absolute atomic E-state index is 5.83. The molecule has 0 unspecified atom stereocenters. The van der Waals surface area contributed by atoms with Gasteiger partial charge in [0.1, 0.15) is 5.75 Å². The number of allylic oxidation sites excluding steroid dienone is 1. The van der Waals surface area contributed by atoms with Crippen molar-refractivity contribution in [2.24, 2.45) is 0 Å². The van der Waals surface area contributed by atoms with E-state index in [-0.39, 0.29) is 0 Å². The van der Waals surface area contributed by atoms with Crippen LogP contribution in [-0.2, 0) is 0 Å². The molecule has 0 bridgehead atoms. The minimum absolute atomic E-state index is 0.719. The highest BCUT2D eigenvalue weighted by atomic mass is 16.5. The van der Waals surface area contributed by atoms with Crippen molar-refractivity contribution in [3.8, 4) is 5.75 Å². The number of nitrogens with one attached hydrogen (secondary N) is 1. The number of nitrogens with two attached hydrogens (primary N) is 1. The highest BCUT2D eigenvalue weighted by Gasteiger charge is 1.99. The zero-order chi connectivity index (χ0) is 12.7. The summed E-state index contributed by atoms with van der Waals surface area (Å²) in [5.74, 6) is 0.826. The van der Waals surface area contributed by atoms with E-state index < -0.39 is 0 Å². The fourth-order valence-corrected chi connectivity index (χ4v) is 1.40. The molecule has 0 aliphatic rings. The SMILES string of the molecule is CCCOc1cc(N)cc(NCC=C(C)C)c1. The molecule has 0 amide bonds. The molecule has 3 nitrogen and oxygen atoms in total. The van der Waals surface area contributed by atoms with Crippen LogP contribution in [0.3, 0.4) is 0 Å². The van der Waals surface area contributed by atoms with E-state index >= 15 is 0 Å². The van der Waals surface area contributed by atoms with Crippen LogP contribution in [0.25, 0.3) is 0 Å². The first-order valence-corrected chi connectivity index (χ1v) is 6.02. The molecule has 0 spiro atoms. The standard InChI is InChI=1S/C14H22N2O/c1-4-7-17-14-9-12(15)8-13(10-14)16-6-5-11(2)3/h5,8-10,16H,4,6-7,15H2,1-3H3. The molecule has 0 radical (unpaired) electrons. The van der Waals surface area contributed by atoms with Crippen LogP contribution in [0.2, 0.25) is 0 Å². The van der Waals surface area contributed by atoms with E-state index in [1.165, 1.54) is 5.57 Å². The van der Waals surface area contributed by atoms with Gasteiger partial charge in [0.2, 0.25) is 0 Å². The van der Waals surface area contributed by atoms with Crippen LogP contribution in [0.5, 0.6) is 5.75 Å². The minimum atomic E-state index is 0.719. The monoisotopic (exact) mass is 234 g/mol. The predicted molar refractivity (Wildman–Crippen MR) is 74.6 cm³/mol. The van der Waals surface area contributed by atoms with Crippen molar-refractivity contribution < 1.29 is 4.74 Å². The predicted octanol–water partition coefficient (Wildman–Crippen LogP) is 3.44. The van der Waals surface area contributed by atoms with Crippen LogP contribution in [0, 0.1) is 0 Å². The van der Waals surface area contributed by atoms with Gasteiger partial charge in [0.15, 0.2) is 0 Å². The topological polar surface area (TPSA) is 47.3 Å². The molecule has 0 saturated carbocycles. The molecule has 0 aromatic heterocycles. The van der Waals surface area contributed by atoms with Gasteiger partial charge in [-0.3, -0.25) is 0 Å². The van der Waals surface area contributed by atoms with Crippen molar-refractivity contribution in [2.45, 2.75) is 27.2 Å². The minimum Gasteiger partial charge on any atom is -0.493 e.